The Morgan fingerprint density at radius 2 is 2.06 bits per heavy atom. The predicted octanol–water partition coefficient (Wildman–Crippen LogP) is 1.80. The number of primary amides is 1. The molecule has 0 radical (unpaired) electrons. The van der Waals surface area contributed by atoms with Gasteiger partial charge in [0.1, 0.15) is 0 Å². The van der Waals surface area contributed by atoms with Crippen molar-refractivity contribution in [3.63, 3.8) is 0 Å². The maximum atomic E-state index is 11.2. The molecule has 4 heteroatoms. The lowest BCUT2D eigenvalue weighted by Crippen LogP contribution is -2.22. The minimum absolute atomic E-state index is 0.404. The molecule has 0 bridgehead atoms. The molecule has 4 nitrogen and oxygen atoms in total. The van der Waals surface area contributed by atoms with E-state index in [1.54, 1.807) is 30.7 Å². The Bertz CT molecular complexity index is 573. The van der Waals surface area contributed by atoms with E-state index in [-0.39, 0.29) is 0 Å². The number of benzene rings is 1. The van der Waals surface area contributed by atoms with E-state index >= 15 is 0 Å². The zero-order chi connectivity index (χ0) is 11.9. The fraction of sp³-hybridized carbons (Fsp3) is 0.0769. The normalized spacial score (nSPS) is 18.1. The first kappa shape index (κ1) is 9.84. The van der Waals surface area contributed by atoms with Crippen LogP contribution in [-0.4, -0.2) is 12.1 Å². The molecule has 84 valence electrons. The van der Waals surface area contributed by atoms with Crippen LogP contribution in [0.5, 0.6) is 0 Å². The molecule has 17 heavy (non-hydrogen) atoms. The van der Waals surface area contributed by atoms with Crippen LogP contribution in [0, 0.1) is 0 Å². The SMILES string of the molecule is NC(=O)c1ccc2c(c1)C1(C=COC=C1)C=N2. The van der Waals surface area contributed by atoms with Gasteiger partial charge in [0.05, 0.1) is 23.6 Å². The van der Waals surface area contributed by atoms with Crippen LogP contribution in [0.15, 0.2) is 47.9 Å². The molecule has 0 unspecified atom stereocenters. The molecule has 1 amide bonds. The van der Waals surface area contributed by atoms with Crippen molar-refractivity contribution < 1.29 is 9.53 Å². The lowest BCUT2D eigenvalue weighted by Gasteiger charge is -2.21. The smallest absolute Gasteiger partial charge is 0.248 e. The maximum absolute atomic E-state index is 11.2. The van der Waals surface area contributed by atoms with Gasteiger partial charge < -0.3 is 10.5 Å². The van der Waals surface area contributed by atoms with Crippen LogP contribution in [0.3, 0.4) is 0 Å². The Morgan fingerprint density at radius 1 is 1.29 bits per heavy atom. The van der Waals surface area contributed by atoms with Crippen LogP contribution >= 0.6 is 0 Å². The molecule has 0 aliphatic carbocycles. The Hall–Kier alpha value is -2.36. The minimum atomic E-state index is -0.435. The van der Waals surface area contributed by atoms with Crippen molar-refractivity contribution in [2.24, 2.45) is 10.7 Å². The van der Waals surface area contributed by atoms with Crippen molar-refractivity contribution in [1.82, 2.24) is 0 Å². The summed E-state index contributed by atoms with van der Waals surface area (Å²) in [6.07, 6.45) is 8.84. The Balaban J connectivity index is 2.17. The van der Waals surface area contributed by atoms with Crippen LogP contribution < -0.4 is 5.73 Å². The van der Waals surface area contributed by atoms with Gasteiger partial charge in [-0.15, -0.1) is 0 Å². The second-order valence-corrected chi connectivity index (χ2v) is 4.03. The molecule has 0 saturated heterocycles. The molecular weight excluding hydrogens is 216 g/mol. The Kier molecular flexibility index (Phi) is 1.92. The van der Waals surface area contributed by atoms with Crippen LogP contribution in [0.1, 0.15) is 15.9 Å². The first-order chi connectivity index (χ1) is 8.21. The second-order valence-electron chi connectivity index (χ2n) is 4.03. The summed E-state index contributed by atoms with van der Waals surface area (Å²) in [5, 5.41) is 0. The van der Waals surface area contributed by atoms with Crippen LogP contribution in [-0.2, 0) is 10.2 Å². The van der Waals surface area contributed by atoms with E-state index in [1.165, 1.54) is 0 Å². The number of aliphatic imine (C=N–C) groups is 1. The lowest BCUT2D eigenvalue weighted by atomic mass is 9.81. The highest BCUT2D eigenvalue weighted by molar-refractivity contribution is 5.96. The van der Waals surface area contributed by atoms with Gasteiger partial charge >= 0.3 is 0 Å². The summed E-state index contributed by atoms with van der Waals surface area (Å²) in [4.78, 5) is 15.5. The van der Waals surface area contributed by atoms with E-state index in [4.69, 9.17) is 10.5 Å². The van der Waals surface area contributed by atoms with Gasteiger partial charge in [0.25, 0.3) is 0 Å². The molecule has 0 atom stereocenters. The van der Waals surface area contributed by atoms with Gasteiger partial charge in [-0.25, -0.2) is 0 Å². The average molecular weight is 226 g/mol. The maximum Gasteiger partial charge on any atom is 0.248 e. The van der Waals surface area contributed by atoms with Crippen molar-refractivity contribution in [2.75, 3.05) is 0 Å². The van der Waals surface area contributed by atoms with Crippen molar-refractivity contribution in [1.29, 1.82) is 0 Å². The highest BCUT2D eigenvalue weighted by Crippen LogP contribution is 2.40. The van der Waals surface area contributed by atoms with Gasteiger partial charge in [-0.3, -0.25) is 9.79 Å². The topological polar surface area (TPSA) is 64.7 Å². The van der Waals surface area contributed by atoms with E-state index < -0.39 is 11.3 Å². The third-order valence-electron chi connectivity index (χ3n) is 3.01. The van der Waals surface area contributed by atoms with Crippen molar-refractivity contribution in [3.8, 4) is 0 Å². The standard InChI is InChI=1S/C13H10N2O2/c14-12(16)9-1-2-11-10(7-9)13(8-15-11)3-5-17-6-4-13/h1-8H,(H2,14,16). The van der Waals surface area contributed by atoms with E-state index in [0.717, 1.165) is 11.3 Å². The van der Waals surface area contributed by atoms with Crippen molar-refractivity contribution in [3.05, 3.63) is 54.0 Å². The van der Waals surface area contributed by atoms with Crippen LogP contribution in [0.25, 0.3) is 0 Å². The number of hydrogen-bond acceptors (Lipinski definition) is 3. The van der Waals surface area contributed by atoms with E-state index in [1.807, 2.05) is 18.4 Å². The second kappa shape index (κ2) is 3.31. The molecular formula is C13H10N2O2. The quantitative estimate of drug-likeness (QED) is 0.793. The first-order valence-electron chi connectivity index (χ1n) is 5.22. The summed E-state index contributed by atoms with van der Waals surface area (Å²) in [7, 11) is 0. The van der Waals surface area contributed by atoms with E-state index in [9.17, 15) is 4.79 Å². The molecule has 2 aliphatic heterocycles. The van der Waals surface area contributed by atoms with Gasteiger partial charge in [-0.1, -0.05) is 0 Å². The molecule has 0 aromatic heterocycles. The number of carbonyl (C=O) groups excluding carboxylic acids is 1. The molecule has 2 aliphatic rings. The molecule has 1 aromatic rings. The summed E-state index contributed by atoms with van der Waals surface area (Å²) in [6.45, 7) is 0. The number of ether oxygens (including phenoxy) is 1. The first-order valence-corrected chi connectivity index (χ1v) is 5.22. The summed E-state index contributed by atoms with van der Waals surface area (Å²) in [5.41, 5.74) is 7.17. The zero-order valence-corrected chi connectivity index (χ0v) is 8.96. The monoisotopic (exact) mass is 226 g/mol. The van der Waals surface area contributed by atoms with Crippen molar-refractivity contribution >= 4 is 17.8 Å². The molecule has 0 fully saturated rings. The number of fused-ring (bicyclic) bond motifs is 2. The molecule has 0 saturated carbocycles. The summed E-state index contributed by atoms with van der Waals surface area (Å²) >= 11 is 0. The van der Waals surface area contributed by atoms with Crippen LogP contribution in [0.4, 0.5) is 5.69 Å². The number of carbonyl (C=O) groups is 1. The summed E-state index contributed by atoms with van der Waals surface area (Å²) < 4.78 is 5.03. The third kappa shape index (κ3) is 1.38. The van der Waals surface area contributed by atoms with E-state index in [2.05, 4.69) is 4.99 Å². The highest BCUT2D eigenvalue weighted by Gasteiger charge is 2.33. The Labute approximate surface area is 98.1 Å². The van der Waals surface area contributed by atoms with Gasteiger partial charge in [0.2, 0.25) is 5.91 Å². The van der Waals surface area contributed by atoms with Crippen LogP contribution in [0.2, 0.25) is 0 Å². The number of hydrogen-bond donors (Lipinski definition) is 1. The number of nitrogens with zero attached hydrogens (tertiary/aromatic N) is 1. The van der Waals surface area contributed by atoms with E-state index in [0.29, 0.717) is 5.56 Å². The number of rotatable bonds is 1. The molecule has 1 spiro atoms. The zero-order valence-electron chi connectivity index (χ0n) is 8.96. The van der Waals surface area contributed by atoms with Gasteiger partial charge in [-0.2, -0.15) is 0 Å². The van der Waals surface area contributed by atoms with Gasteiger partial charge in [0, 0.05) is 11.8 Å². The fourth-order valence-corrected chi connectivity index (χ4v) is 2.06. The lowest BCUT2D eigenvalue weighted by molar-refractivity contribution is 0.1000. The fourth-order valence-electron chi connectivity index (χ4n) is 2.06. The van der Waals surface area contributed by atoms with Gasteiger partial charge in [0.15, 0.2) is 0 Å². The van der Waals surface area contributed by atoms with Crippen molar-refractivity contribution in [2.45, 2.75) is 5.41 Å². The number of allylic oxidation sites excluding steroid dienone is 2. The summed E-state index contributed by atoms with van der Waals surface area (Å²) in [6, 6.07) is 5.27. The van der Waals surface area contributed by atoms with Gasteiger partial charge in [-0.05, 0) is 35.9 Å². The summed E-state index contributed by atoms with van der Waals surface area (Å²) in [5.74, 6) is -0.435. The Morgan fingerprint density at radius 3 is 2.76 bits per heavy atom. The number of amides is 1. The molecule has 2 heterocycles. The predicted molar refractivity (Wildman–Crippen MR) is 64.2 cm³/mol. The number of nitrogens with two attached hydrogens (primary N) is 1. The minimum Gasteiger partial charge on any atom is -0.473 e. The average Bonchev–Trinajstić information content (AvgIpc) is 2.69. The molecule has 1 aromatic carbocycles. The molecule has 2 N–H and O–H groups in total. The molecule has 3 rings (SSSR count). The third-order valence-corrected chi connectivity index (χ3v) is 3.01. The highest BCUT2D eigenvalue weighted by atomic mass is 16.5. The largest absolute Gasteiger partial charge is 0.473 e.